The summed E-state index contributed by atoms with van der Waals surface area (Å²) in [6.07, 6.45) is 4.63. The van der Waals surface area contributed by atoms with Gasteiger partial charge in [-0.1, -0.05) is 6.07 Å². The van der Waals surface area contributed by atoms with E-state index in [1.54, 1.807) is 0 Å². The topological polar surface area (TPSA) is 19.4 Å². The van der Waals surface area contributed by atoms with Crippen LogP contribution in [0.4, 0.5) is 5.82 Å². The Morgan fingerprint density at radius 3 is 2.32 bits per heavy atom. The van der Waals surface area contributed by atoms with Gasteiger partial charge in [-0.25, -0.2) is 4.98 Å². The van der Waals surface area contributed by atoms with Crippen LogP contribution >= 0.6 is 0 Å². The van der Waals surface area contributed by atoms with E-state index in [9.17, 15) is 0 Å². The first-order valence-corrected chi connectivity index (χ1v) is 7.45. The normalized spacial score (nSPS) is 20.5. The molecule has 0 amide bonds. The molecule has 0 bridgehead atoms. The molecule has 0 unspecified atom stereocenters. The SMILES string of the molecule is CC(C)N(c1ccc([C@H]2CCCN2C)cn1)C(C)C. The van der Waals surface area contributed by atoms with Crippen molar-refractivity contribution in [3.8, 4) is 0 Å². The van der Waals surface area contributed by atoms with Crippen molar-refractivity contribution in [2.24, 2.45) is 0 Å². The van der Waals surface area contributed by atoms with Crippen molar-refractivity contribution in [3.05, 3.63) is 23.9 Å². The predicted molar refractivity (Wildman–Crippen MR) is 81.6 cm³/mol. The number of aromatic nitrogens is 1. The molecule has 3 heteroatoms. The van der Waals surface area contributed by atoms with Crippen LogP contribution in [-0.2, 0) is 0 Å². The number of likely N-dealkylation sites (tertiary alicyclic amines) is 1. The third kappa shape index (κ3) is 3.08. The Bertz CT molecular complexity index is 389. The van der Waals surface area contributed by atoms with E-state index in [0.717, 1.165) is 5.82 Å². The largest absolute Gasteiger partial charge is 0.352 e. The van der Waals surface area contributed by atoms with Crippen molar-refractivity contribution in [1.82, 2.24) is 9.88 Å². The molecule has 1 saturated heterocycles. The lowest BCUT2D eigenvalue weighted by atomic mass is 10.1. The number of hydrogen-bond acceptors (Lipinski definition) is 3. The van der Waals surface area contributed by atoms with Gasteiger partial charge in [0.2, 0.25) is 0 Å². The van der Waals surface area contributed by atoms with Gasteiger partial charge in [0.05, 0.1) is 0 Å². The summed E-state index contributed by atoms with van der Waals surface area (Å²) in [6, 6.07) is 5.96. The average Bonchev–Trinajstić information content (AvgIpc) is 2.75. The second-order valence-electron chi connectivity index (χ2n) is 6.18. The Hall–Kier alpha value is -1.09. The maximum Gasteiger partial charge on any atom is 0.128 e. The standard InChI is InChI=1S/C16H27N3/c1-12(2)19(13(3)4)16-9-8-14(11-17-16)15-7-6-10-18(15)5/h8-9,11-13,15H,6-7,10H2,1-5H3/t15-/m1/s1. The maximum absolute atomic E-state index is 4.70. The minimum Gasteiger partial charge on any atom is -0.352 e. The zero-order chi connectivity index (χ0) is 14.0. The number of pyridine rings is 1. The molecule has 0 aliphatic carbocycles. The third-order valence-electron chi connectivity index (χ3n) is 4.05. The van der Waals surface area contributed by atoms with E-state index in [1.807, 2.05) is 0 Å². The fourth-order valence-corrected chi connectivity index (χ4v) is 3.20. The highest BCUT2D eigenvalue weighted by molar-refractivity contribution is 5.41. The van der Waals surface area contributed by atoms with Gasteiger partial charge in [-0.3, -0.25) is 4.90 Å². The number of anilines is 1. The van der Waals surface area contributed by atoms with Gasteiger partial charge in [0.15, 0.2) is 0 Å². The first kappa shape index (κ1) is 14.3. The molecule has 1 aliphatic rings. The molecule has 106 valence electrons. The summed E-state index contributed by atoms with van der Waals surface area (Å²) >= 11 is 0. The summed E-state index contributed by atoms with van der Waals surface area (Å²) in [4.78, 5) is 9.49. The zero-order valence-electron chi connectivity index (χ0n) is 12.9. The Morgan fingerprint density at radius 2 is 1.89 bits per heavy atom. The molecule has 19 heavy (non-hydrogen) atoms. The van der Waals surface area contributed by atoms with Crippen molar-refractivity contribution in [3.63, 3.8) is 0 Å². The molecule has 1 fully saturated rings. The summed E-state index contributed by atoms with van der Waals surface area (Å²) < 4.78 is 0. The van der Waals surface area contributed by atoms with Crippen molar-refractivity contribution < 1.29 is 0 Å². The zero-order valence-corrected chi connectivity index (χ0v) is 12.9. The van der Waals surface area contributed by atoms with Crippen LogP contribution in [-0.4, -0.2) is 35.6 Å². The molecule has 0 radical (unpaired) electrons. The molecule has 1 atom stereocenters. The molecule has 3 nitrogen and oxygen atoms in total. The summed E-state index contributed by atoms with van der Waals surface area (Å²) in [6.45, 7) is 10.1. The molecule has 0 N–H and O–H groups in total. The molecule has 1 aromatic heterocycles. The van der Waals surface area contributed by atoms with E-state index in [2.05, 4.69) is 62.9 Å². The quantitative estimate of drug-likeness (QED) is 0.827. The second kappa shape index (κ2) is 5.91. The van der Waals surface area contributed by atoms with Crippen LogP contribution in [0.15, 0.2) is 18.3 Å². The van der Waals surface area contributed by atoms with Gasteiger partial charge in [0, 0.05) is 24.3 Å². The van der Waals surface area contributed by atoms with Gasteiger partial charge in [-0.15, -0.1) is 0 Å². The van der Waals surface area contributed by atoms with Crippen LogP contribution in [0, 0.1) is 0 Å². The van der Waals surface area contributed by atoms with Crippen LogP contribution in [0.3, 0.4) is 0 Å². The highest BCUT2D eigenvalue weighted by atomic mass is 15.2. The van der Waals surface area contributed by atoms with Crippen molar-refractivity contribution in [2.75, 3.05) is 18.5 Å². The van der Waals surface area contributed by atoms with E-state index in [1.165, 1.54) is 24.9 Å². The minimum atomic E-state index is 0.479. The van der Waals surface area contributed by atoms with Gasteiger partial charge in [-0.2, -0.15) is 0 Å². The smallest absolute Gasteiger partial charge is 0.128 e. The summed E-state index contributed by atoms with van der Waals surface area (Å²) in [5, 5.41) is 0. The Balaban J connectivity index is 2.17. The van der Waals surface area contributed by atoms with Crippen molar-refractivity contribution in [1.29, 1.82) is 0 Å². The van der Waals surface area contributed by atoms with Gasteiger partial charge < -0.3 is 4.90 Å². The molecule has 0 saturated carbocycles. The van der Waals surface area contributed by atoms with Gasteiger partial charge >= 0.3 is 0 Å². The van der Waals surface area contributed by atoms with Crippen LogP contribution in [0.25, 0.3) is 0 Å². The summed E-state index contributed by atoms with van der Waals surface area (Å²) in [5.41, 5.74) is 1.36. The lowest BCUT2D eigenvalue weighted by Gasteiger charge is -2.32. The van der Waals surface area contributed by atoms with E-state index < -0.39 is 0 Å². The molecule has 0 aromatic carbocycles. The molecular weight excluding hydrogens is 234 g/mol. The van der Waals surface area contributed by atoms with Crippen LogP contribution in [0.1, 0.15) is 52.1 Å². The Morgan fingerprint density at radius 1 is 1.21 bits per heavy atom. The molecule has 1 aromatic rings. The van der Waals surface area contributed by atoms with Crippen molar-refractivity contribution in [2.45, 2.75) is 58.7 Å². The Labute approximate surface area is 117 Å². The van der Waals surface area contributed by atoms with E-state index in [4.69, 9.17) is 4.98 Å². The monoisotopic (exact) mass is 261 g/mol. The Kier molecular flexibility index (Phi) is 4.46. The van der Waals surface area contributed by atoms with Gasteiger partial charge in [0.1, 0.15) is 5.82 Å². The van der Waals surface area contributed by atoms with Gasteiger partial charge in [0.25, 0.3) is 0 Å². The highest BCUT2D eigenvalue weighted by Crippen LogP contribution is 2.30. The number of hydrogen-bond donors (Lipinski definition) is 0. The third-order valence-corrected chi connectivity index (χ3v) is 4.05. The fourth-order valence-electron chi connectivity index (χ4n) is 3.20. The molecular formula is C16H27N3. The fraction of sp³-hybridized carbons (Fsp3) is 0.688. The summed E-state index contributed by atoms with van der Waals surface area (Å²) in [5.74, 6) is 1.09. The molecule has 0 spiro atoms. The van der Waals surface area contributed by atoms with Crippen LogP contribution in [0.5, 0.6) is 0 Å². The lowest BCUT2D eigenvalue weighted by molar-refractivity contribution is 0.317. The maximum atomic E-state index is 4.70. The first-order valence-electron chi connectivity index (χ1n) is 7.45. The summed E-state index contributed by atoms with van der Waals surface area (Å²) in [7, 11) is 2.21. The molecule has 2 rings (SSSR count). The predicted octanol–water partition coefficient (Wildman–Crippen LogP) is 3.47. The van der Waals surface area contributed by atoms with E-state index in [-0.39, 0.29) is 0 Å². The van der Waals surface area contributed by atoms with E-state index >= 15 is 0 Å². The van der Waals surface area contributed by atoms with Crippen molar-refractivity contribution >= 4 is 5.82 Å². The second-order valence-corrected chi connectivity index (χ2v) is 6.18. The molecule has 2 heterocycles. The first-order chi connectivity index (χ1) is 9.00. The number of nitrogens with zero attached hydrogens (tertiary/aromatic N) is 3. The molecule has 1 aliphatic heterocycles. The average molecular weight is 261 g/mol. The van der Waals surface area contributed by atoms with Crippen LogP contribution < -0.4 is 4.90 Å². The van der Waals surface area contributed by atoms with Crippen LogP contribution in [0.2, 0.25) is 0 Å². The van der Waals surface area contributed by atoms with E-state index in [0.29, 0.717) is 18.1 Å². The number of rotatable bonds is 4. The minimum absolute atomic E-state index is 0.479. The lowest BCUT2D eigenvalue weighted by Crippen LogP contribution is -2.37. The highest BCUT2D eigenvalue weighted by Gasteiger charge is 2.23. The van der Waals surface area contributed by atoms with Gasteiger partial charge in [-0.05, 0) is 65.8 Å².